The number of hydrogen-bond donors (Lipinski definition) is 0. The van der Waals surface area contributed by atoms with E-state index < -0.39 is 67.4 Å². The van der Waals surface area contributed by atoms with Crippen molar-refractivity contribution in [1.29, 1.82) is 0 Å². The SMILES string of the molecule is O=C(N1CCN(c2ncccn2)CC1)C1(F)C(F)(F)C(F)(F)C(F)(F)C(F)(F)C1(F)F. The van der Waals surface area contributed by atoms with Gasteiger partial charge in [0.25, 0.3) is 5.91 Å². The smallest absolute Gasteiger partial charge is 0.337 e. The Balaban J connectivity index is 1.97. The Morgan fingerprint density at radius 1 is 0.677 bits per heavy atom. The normalized spacial score (nSPS) is 27.6. The first-order chi connectivity index (χ1) is 14.0. The highest BCUT2D eigenvalue weighted by Gasteiger charge is 3.03. The summed E-state index contributed by atoms with van der Waals surface area (Å²) in [7, 11) is 0. The quantitative estimate of drug-likeness (QED) is 0.622. The van der Waals surface area contributed by atoms with Gasteiger partial charge in [0.05, 0.1) is 0 Å². The molecule has 0 bridgehead atoms. The van der Waals surface area contributed by atoms with Crippen molar-refractivity contribution in [3.05, 3.63) is 18.5 Å². The fourth-order valence-corrected chi connectivity index (χ4v) is 3.27. The third-order valence-corrected chi connectivity index (χ3v) is 5.14. The van der Waals surface area contributed by atoms with Crippen molar-refractivity contribution in [3.8, 4) is 0 Å². The molecule has 0 unspecified atom stereocenters. The Morgan fingerprint density at radius 3 is 1.48 bits per heavy atom. The number of piperazine rings is 1. The predicted octanol–water partition coefficient (Wildman–Crippen LogP) is 3.02. The number of alkyl halides is 11. The van der Waals surface area contributed by atoms with E-state index in [1.807, 2.05) is 0 Å². The summed E-state index contributed by atoms with van der Waals surface area (Å²) >= 11 is 0. The second kappa shape index (κ2) is 6.54. The molecule has 174 valence electrons. The zero-order valence-electron chi connectivity index (χ0n) is 14.9. The Hall–Kier alpha value is -2.42. The van der Waals surface area contributed by atoms with Crippen LogP contribution in [0.3, 0.4) is 0 Å². The third kappa shape index (κ3) is 2.58. The van der Waals surface area contributed by atoms with Crippen molar-refractivity contribution in [3.63, 3.8) is 0 Å². The zero-order valence-corrected chi connectivity index (χ0v) is 14.9. The van der Waals surface area contributed by atoms with Gasteiger partial charge in [-0.2, -0.15) is 43.9 Å². The number of anilines is 1. The number of hydrogen-bond acceptors (Lipinski definition) is 4. The Labute approximate surface area is 165 Å². The number of nitrogens with zero attached hydrogens (tertiary/aromatic N) is 4. The molecule has 1 aliphatic carbocycles. The molecule has 0 atom stereocenters. The van der Waals surface area contributed by atoms with Crippen LogP contribution in [-0.4, -0.2) is 82.2 Å². The molecule has 1 saturated heterocycles. The van der Waals surface area contributed by atoms with E-state index in [-0.39, 0.29) is 10.8 Å². The highest BCUT2D eigenvalue weighted by Crippen LogP contribution is 2.69. The van der Waals surface area contributed by atoms with Gasteiger partial charge in [0, 0.05) is 38.6 Å². The van der Waals surface area contributed by atoms with E-state index in [0.29, 0.717) is 0 Å². The van der Waals surface area contributed by atoms with Crippen LogP contribution >= 0.6 is 0 Å². The molecule has 1 saturated carbocycles. The van der Waals surface area contributed by atoms with Gasteiger partial charge in [-0.3, -0.25) is 4.79 Å². The number of halogens is 11. The van der Waals surface area contributed by atoms with Crippen LogP contribution in [0.5, 0.6) is 0 Å². The summed E-state index contributed by atoms with van der Waals surface area (Å²) in [6.07, 6.45) is 2.56. The fourth-order valence-electron chi connectivity index (χ4n) is 3.27. The number of aromatic nitrogens is 2. The van der Waals surface area contributed by atoms with Crippen molar-refractivity contribution in [1.82, 2.24) is 14.9 Å². The molecule has 31 heavy (non-hydrogen) atoms. The first-order valence-corrected chi connectivity index (χ1v) is 8.38. The summed E-state index contributed by atoms with van der Waals surface area (Å²) in [6.45, 7) is -2.57. The molecule has 0 N–H and O–H groups in total. The molecule has 2 heterocycles. The second-order valence-electron chi connectivity index (χ2n) is 6.86. The molecule has 5 nitrogen and oxygen atoms in total. The van der Waals surface area contributed by atoms with Gasteiger partial charge in [0.15, 0.2) is 0 Å². The molecule has 0 spiro atoms. The lowest BCUT2D eigenvalue weighted by Crippen LogP contribution is -2.86. The minimum absolute atomic E-state index is 0.0237. The van der Waals surface area contributed by atoms with E-state index in [4.69, 9.17) is 0 Å². The molecule has 2 fully saturated rings. The van der Waals surface area contributed by atoms with Crippen LogP contribution in [0, 0.1) is 0 Å². The van der Waals surface area contributed by atoms with Crippen LogP contribution in [0.4, 0.5) is 54.2 Å². The van der Waals surface area contributed by atoms with E-state index in [1.165, 1.54) is 23.4 Å². The van der Waals surface area contributed by atoms with Crippen molar-refractivity contribution in [2.45, 2.75) is 35.3 Å². The van der Waals surface area contributed by atoms with Gasteiger partial charge in [0.2, 0.25) is 5.95 Å². The lowest BCUT2D eigenvalue weighted by molar-refractivity contribution is -0.477. The van der Waals surface area contributed by atoms with Crippen molar-refractivity contribution >= 4 is 11.9 Å². The third-order valence-electron chi connectivity index (χ3n) is 5.14. The van der Waals surface area contributed by atoms with Crippen molar-refractivity contribution < 1.29 is 53.1 Å². The average molecular weight is 472 g/mol. The molecule has 0 radical (unpaired) electrons. The molecule has 1 aliphatic heterocycles. The van der Waals surface area contributed by atoms with E-state index in [1.54, 1.807) is 0 Å². The van der Waals surface area contributed by atoms with Crippen molar-refractivity contribution in [2.24, 2.45) is 0 Å². The van der Waals surface area contributed by atoms with Crippen LogP contribution in [0.1, 0.15) is 0 Å². The van der Waals surface area contributed by atoms with E-state index in [2.05, 4.69) is 9.97 Å². The van der Waals surface area contributed by atoms with Gasteiger partial charge in [-0.1, -0.05) is 0 Å². The van der Waals surface area contributed by atoms with Gasteiger partial charge in [0.1, 0.15) is 0 Å². The van der Waals surface area contributed by atoms with Crippen LogP contribution in [0.15, 0.2) is 18.5 Å². The number of rotatable bonds is 2. The lowest BCUT2D eigenvalue weighted by atomic mass is 9.71. The van der Waals surface area contributed by atoms with Gasteiger partial charge < -0.3 is 9.80 Å². The summed E-state index contributed by atoms with van der Waals surface area (Å²) in [5, 5.41) is 0. The van der Waals surface area contributed by atoms with E-state index in [9.17, 15) is 53.1 Å². The van der Waals surface area contributed by atoms with E-state index in [0.717, 1.165) is 0 Å². The lowest BCUT2D eigenvalue weighted by Gasteiger charge is -2.52. The Morgan fingerprint density at radius 2 is 1.06 bits per heavy atom. The number of amides is 1. The standard InChI is InChI=1S/C15H11F11N4O/c16-10(8(31)29-4-6-30(7-5-29)9-27-2-1-3-28-9)11(17,18)13(21,22)15(25,26)14(23,24)12(10,19)20/h1-3H,4-7H2. The average Bonchev–Trinajstić information content (AvgIpc) is 2.71. The highest BCUT2D eigenvalue weighted by atomic mass is 19.4. The first kappa shape index (κ1) is 23.2. The van der Waals surface area contributed by atoms with Crippen LogP contribution in [0.25, 0.3) is 0 Å². The maximum Gasteiger partial charge on any atom is 0.384 e. The summed E-state index contributed by atoms with van der Waals surface area (Å²) in [6, 6.07) is 1.42. The van der Waals surface area contributed by atoms with Gasteiger partial charge in [-0.15, -0.1) is 0 Å². The molecule has 2 aliphatic rings. The molecule has 1 aromatic heterocycles. The molecule has 0 aromatic carbocycles. The minimum atomic E-state index is -7.35. The number of carbonyl (C=O) groups excluding carboxylic acids is 1. The monoisotopic (exact) mass is 472 g/mol. The topological polar surface area (TPSA) is 49.3 Å². The van der Waals surface area contributed by atoms with Crippen LogP contribution in [0.2, 0.25) is 0 Å². The molecular weight excluding hydrogens is 461 g/mol. The van der Waals surface area contributed by atoms with Gasteiger partial charge in [-0.25, -0.2) is 14.4 Å². The van der Waals surface area contributed by atoms with Crippen molar-refractivity contribution in [2.75, 3.05) is 31.1 Å². The second-order valence-corrected chi connectivity index (χ2v) is 6.86. The maximum absolute atomic E-state index is 14.8. The number of carbonyl (C=O) groups is 1. The van der Waals surface area contributed by atoms with Gasteiger partial charge >= 0.3 is 35.3 Å². The van der Waals surface area contributed by atoms with Crippen LogP contribution in [-0.2, 0) is 4.79 Å². The summed E-state index contributed by atoms with van der Waals surface area (Å²) < 4.78 is 152. The first-order valence-electron chi connectivity index (χ1n) is 8.38. The summed E-state index contributed by atoms with van der Waals surface area (Å²) in [5.74, 6) is -39.5. The largest absolute Gasteiger partial charge is 0.384 e. The summed E-state index contributed by atoms with van der Waals surface area (Å²) in [5.41, 5.74) is -6.65. The Kier molecular flexibility index (Phi) is 4.91. The van der Waals surface area contributed by atoms with Crippen LogP contribution < -0.4 is 4.90 Å². The summed E-state index contributed by atoms with van der Waals surface area (Å²) in [4.78, 5) is 20.9. The van der Waals surface area contributed by atoms with Gasteiger partial charge in [-0.05, 0) is 6.07 Å². The van der Waals surface area contributed by atoms with E-state index >= 15 is 0 Å². The molecule has 16 heteroatoms. The zero-order chi connectivity index (χ0) is 23.7. The molecule has 1 aromatic rings. The highest BCUT2D eigenvalue weighted by molar-refractivity contribution is 5.89. The predicted molar refractivity (Wildman–Crippen MR) is 79.4 cm³/mol. The molecular formula is C15H11F11N4O. The molecule has 1 amide bonds. The Bertz CT molecular complexity index is 826. The maximum atomic E-state index is 14.8. The molecule has 3 rings (SSSR count). The minimum Gasteiger partial charge on any atom is -0.337 e. The fraction of sp³-hybridized carbons (Fsp3) is 0.667.